The fourth-order valence-corrected chi connectivity index (χ4v) is 1.76. The fraction of sp³-hybridized carbons (Fsp3) is 0.778. The highest BCUT2D eigenvalue weighted by atomic mass is 16.2. The Bertz CT molecular complexity index is 220. The average Bonchev–Trinajstić information content (AvgIpc) is 2.49. The first-order chi connectivity index (χ1) is 6.04. The minimum absolute atomic E-state index is 0.0381. The monoisotopic (exact) mass is 184 g/mol. The molecule has 0 heterocycles. The normalized spacial score (nSPS) is 19.8. The van der Waals surface area contributed by atoms with Crippen LogP contribution in [0.25, 0.3) is 0 Å². The molecule has 3 N–H and O–H groups in total. The van der Waals surface area contributed by atoms with Crippen molar-refractivity contribution < 1.29 is 9.59 Å². The maximum atomic E-state index is 11.6. The van der Waals surface area contributed by atoms with Crippen molar-refractivity contribution in [2.24, 2.45) is 11.1 Å². The van der Waals surface area contributed by atoms with E-state index < -0.39 is 5.91 Å². The molecule has 1 aliphatic rings. The van der Waals surface area contributed by atoms with E-state index >= 15 is 0 Å². The molecule has 1 rings (SSSR count). The van der Waals surface area contributed by atoms with Gasteiger partial charge >= 0.3 is 0 Å². The Labute approximate surface area is 77.9 Å². The van der Waals surface area contributed by atoms with Crippen molar-refractivity contribution in [3.63, 3.8) is 0 Å². The summed E-state index contributed by atoms with van der Waals surface area (Å²) in [5, 5.41) is 2.55. The summed E-state index contributed by atoms with van der Waals surface area (Å²) in [7, 11) is 0. The highest BCUT2D eigenvalue weighted by Gasteiger charge is 2.35. The van der Waals surface area contributed by atoms with Gasteiger partial charge in [0.1, 0.15) is 0 Å². The zero-order valence-electron chi connectivity index (χ0n) is 7.93. The number of carbonyl (C=O) groups is 2. The van der Waals surface area contributed by atoms with Crippen LogP contribution in [0.4, 0.5) is 0 Å². The van der Waals surface area contributed by atoms with Gasteiger partial charge in [-0.25, -0.2) is 0 Å². The van der Waals surface area contributed by atoms with Gasteiger partial charge in [0.15, 0.2) is 0 Å². The Morgan fingerprint density at radius 1 is 1.38 bits per heavy atom. The highest BCUT2D eigenvalue weighted by molar-refractivity contribution is 5.87. The van der Waals surface area contributed by atoms with Crippen LogP contribution < -0.4 is 11.1 Å². The maximum Gasteiger partial charge on any atom is 0.236 e. The van der Waals surface area contributed by atoms with Crippen LogP contribution in [0.3, 0.4) is 0 Å². The summed E-state index contributed by atoms with van der Waals surface area (Å²) in [6, 6.07) is 0. The van der Waals surface area contributed by atoms with Crippen molar-refractivity contribution >= 4 is 11.8 Å². The van der Waals surface area contributed by atoms with Crippen LogP contribution in [-0.2, 0) is 9.59 Å². The van der Waals surface area contributed by atoms with Gasteiger partial charge in [-0.2, -0.15) is 0 Å². The Morgan fingerprint density at radius 3 is 2.38 bits per heavy atom. The predicted molar refractivity (Wildman–Crippen MR) is 48.8 cm³/mol. The molecule has 0 radical (unpaired) electrons. The SMILES string of the molecule is CC1(C(=O)NCC(N)=O)CCCC1. The molecule has 2 amide bonds. The Kier molecular flexibility index (Phi) is 2.90. The lowest BCUT2D eigenvalue weighted by atomic mass is 9.88. The summed E-state index contributed by atoms with van der Waals surface area (Å²) in [6.07, 6.45) is 4.02. The van der Waals surface area contributed by atoms with Crippen molar-refractivity contribution in [1.29, 1.82) is 0 Å². The molecule has 0 aromatic rings. The van der Waals surface area contributed by atoms with E-state index in [1.54, 1.807) is 0 Å². The van der Waals surface area contributed by atoms with Gasteiger partial charge in [0.2, 0.25) is 11.8 Å². The molecular formula is C9H16N2O2. The standard InChI is InChI=1S/C9H16N2O2/c1-9(4-2-3-5-9)8(13)11-6-7(10)12/h2-6H2,1H3,(H2,10,12)(H,11,13). The second-order valence-corrected chi connectivity index (χ2v) is 3.92. The molecule has 0 aromatic carbocycles. The molecule has 0 spiro atoms. The summed E-state index contributed by atoms with van der Waals surface area (Å²) in [5.41, 5.74) is 4.66. The predicted octanol–water partition coefficient (Wildman–Crippen LogP) is 0.168. The third-order valence-electron chi connectivity index (χ3n) is 2.68. The molecule has 1 saturated carbocycles. The number of hydrogen-bond donors (Lipinski definition) is 2. The topological polar surface area (TPSA) is 72.2 Å². The second kappa shape index (κ2) is 3.77. The molecule has 0 aliphatic heterocycles. The Hall–Kier alpha value is -1.06. The number of amides is 2. The van der Waals surface area contributed by atoms with E-state index in [-0.39, 0.29) is 17.9 Å². The van der Waals surface area contributed by atoms with Crippen LogP contribution in [0.15, 0.2) is 0 Å². The van der Waals surface area contributed by atoms with E-state index in [4.69, 9.17) is 5.73 Å². The molecule has 0 aromatic heterocycles. The molecule has 1 aliphatic carbocycles. The van der Waals surface area contributed by atoms with E-state index in [1.807, 2.05) is 6.92 Å². The van der Waals surface area contributed by atoms with E-state index in [0.717, 1.165) is 25.7 Å². The van der Waals surface area contributed by atoms with Crippen LogP contribution in [0.5, 0.6) is 0 Å². The first kappa shape index (κ1) is 10.0. The van der Waals surface area contributed by atoms with E-state index in [0.29, 0.717) is 0 Å². The average molecular weight is 184 g/mol. The largest absolute Gasteiger partial charge is 0.368 e. The molecule has 1 fully saturated rings. The first-order valence-corrected chi connectivity index (χ1v) is 4.61. The van der Waals surface area contributed by atoms with Crippen LogP contribution in [0.2, 0.25) is 0 Å². The lowest BCUT2D eigenvalue weighted by molar-refractivity contribution is -0.131. The zero-order valence-corrected chi connectivity index (χ0v) is 7.93. The van der Waals surface area contributed by atoms with Crippen LogP contribution in [0, 0.1) is 5.41 Å². The van der Waals surface area contributed by atoms with Gasteiger partial charge in [0.05, 0.1) is 6.54 Å². The van der Waals surface area contributed by atoms with Gasteiger partial charge < -0.3 is 11.1 Å². The lowest BCUT2D eigenvalue weighted by Crippen LogP contribution is -2.41. The summed E-state index contributed by atoms with van der Waals surface area (Å²) in [4.78, 5) is 22.0. The first-order valence-electron chi connectivity index (χ1n) is 4.61. The molecular weight excluding hydrogens is 168 g/mol. The Balaban J connectivity index is 2.42. The van der Waals surface area contributed by atoms with Gasteiger partial charge in [0, 0.05) is 5.41 Å². The van der Waals surface area contributed by atoms with Gasteiger partial charge in [-0.3, -0.25) is 9.59 Å². The molecule has 4 heteroatoms. The zero-order chi connectivity index (χ0) is 9.90. The number of carbonyl (C=O) groups excluding carboxylic acids is 2. The molecule has 0 atom stereocenters. The van der Waals surface area contributed by atoms with Crippen molar-refractivity contribution in [1.82, 2.24) is 5.32 Å². The fourth-order valence-electron chi connectivity index (χ4n) is 1.76. The van der Waals surface area contributed by atoms with Gasteiger partial charge in [-0.15, -0.1) is 0 Å². The smallest absolute Gasteiger partial charge is 0.236 e. The third-order valence-corrected chi connectivity index (χ3v) is 2.68. The number of primary amides is 1. The minimum atomic E-state index is -0.491. The van der Waals surface area contributed by atoms with Crippen LogP contribution in [0.1, 0.15) is 32.6 Å². The molecule has 0 saturated heterocycles. The molecule has 0 unspecified atom stereocenters. The van der Waals surface area contributed by atoms with Crippen LogP contribution in [-0.4, -0.2) is 18.4 Å². The van der Waals surface area contributed by atoms with Crippen molar-refractivity contribution in [3.05, 3.63) is 0 Å². The number of hydrogen-bond acceptors (Lipinski definition) is 2. The van der Waals surface area contributed by atoms with Gasteiger partial charge in [-0.1, -0.05) is 19.8 Å². The van der Waals surface area contributed by atoms with Crippen LogP contribution >= 0.6 is 0 Å². The maximum absolute atomic E-state index is 11.6. The highest BCUT2D eigenvalue weighted by Crippen LogP contribution is 2.37. The van der Waals surface area contributed by atoms with Crippen molar-refractivity contribution in [3.8, 4) is 0 Å². The van der Waals surface area contributed by atoms with E-state index in [1.165, 1.54) is 0 Å². The Morgan fingerprint density at radius 2 is 1.92 bits per heavy atom. The van der Waals surface area contributed by atoms with E-state index in [9.17, 15) is 9.59 Å². The molecule has 13 heavy (non-hydrogen) atoms. The molecule has 4 nitrogen and oxygen atoms in total. The van der Waals surface area contributed by atoms with Gasteiger partial charge in [0.25, 0.3) is 0 Å². The lowest BCUT2D eigenvalue weighted by Gasteiger charge is -2.21. The second-order valence-electron chi connectivity index (χ2n) is 3.92. The quantitative estimate of drug-likeness (QED) is 0.656. The van der Waals surface area contributed by atoms with Crippen molar-refractivity contribution in [2.45, 2.75) is 32.6 Å². The molecule has 0 bridgehead atoms. The summed E-state index contributed by atoms with van der Waals surface area (Å²) >= 11 is 0. The summed E-state index contributed by atoms with van der Waals surface area (Å²) < 4.78 is 0. The minimum Gasteiger partial charge on any atom is -0.368 e. The number of nitrogens with two attached hydrogens (primary N) is 1. The number of rotatable bonds is 3. The number of nitrogens with one attached hydrogen (secondary N) is 1. The molecule has 74 valence electrons. The summed E-state index contributed by atoms with van der Waals surface area (Å²) in [5.74, 6) is -0.529. The van der Waals surface area contributed by atoms with Crippen molar-refractivity contribution in [2.75, 3.05) is 6.54 Å². The van der Waals surface area contributed by atoms with E-state index in [2.05, 4.69) is 5.32 Å². The van der Waals surface area contributed by atoms with Gasteiger partial charge in [-0.05, 0) is 12.8 Å². The summed E-state index contributed by atoms with van der Waals surface area (Å²) in [6.45, 7) is 1.89. The third kappa shape index (κ3) is 2.44.